The molecule has 1 aromatic heterocycles. The second kappa shape index (κ2) is 3.33. The Morgan fingerprint density at radius 2 is 1.40 bits per heavy atom. The molecule has 0 unspecified atom stereocenters. The van der Waals surface area contributed by atoms with Gasteiger partial charge in [-0.3, -0.25) is 0 Å². The predicted molar refractivity (Wildman–Crippen MR) is 45.9 cm³/mol. The molecule has 0 aliphatic carbocycles. The van der Waals surface area contributed by atoms with E-state index in [1.807, 2.05) is 6.92 Å². The first-order valence-corrected chi connectivity index (χ1v) is 5.53. The summed E-state index contributed by atoms with van der Waals surface area (Å²) in [6, 6.07) is 3.54. The summed E-state index contributed by atoms with van der Waals surface area (Å²) in [5.74, 6) is 0. The van der Waals surface area contributed by atoms with Crippen molar-refractivity contribution in [3.05, 3.63) is 30.1 Å². The number of aromatic nitrogens is 1. The molecule has 0 amide bonds. The number of pyridine rings is 1. The van der Waals surface area contributed by atoms with E-state index in [2.05, 4.69) is 0 Å². The van der Waals surface area contributed by atoms with Crippen LogP contribution in [0.3, 0.4) is 0 Å². The number of halogens is 6. The SMILES string of the molecule is F[P-](F)(F)(F)(F)F.[2H]C([2H])([2H])[n+]1ccc(C)cc1. The van der Waals surface area contributed by atoms with Crippen molar-refractivity contribution in [3.8, 4) is 0 Å². The zero-order chi connectivity index (χ0) is 14.9. The van der Waals surface area contributed by atoms with Crippen molar-refractivity contribution in [2.45, 2.75) is 6.92 Å². The van der Waals surface area contributed by atoms with E-state index in [-0.39, 0.29) is 0 Å². The molecule has 8 heteroatoms. The molecule has 0 radical (unpaired) electrons. The second-order valence-corrected chi connectivity index (χ2v) is 4.66. The monoisotopic (exact) mass is 256 g/mol. The number of hydrogen-bond donors (Lipinski definition) is 0. The summed E-state index contributed by atoms with van der Waals surface area (Å²) in [6.07, 6.45) is 3.12. The molecule has 15 heavy (non-hydrogen) atoms. The summed E-state index contributed by atoms with van der Waals surface area (Å²) >= 11 is 0. The summed E-state index contributed by atoms with van der Waals surface area (Å²) in [5.41, 5.74) is 1.06. The van der Waals surface area contributed by atoms with Crippen molar-refractivity contribution in [1.29, 1.82) is 0 Å². The maximum Gasteiger partial charge on any atom is 0.168 e. The molecular weight excluding hydrogens is 243 g/mol. The van der Waals surface area contributed by atoms with Gasteiger partial charge in [-0.15, -0.1) is 0 Å². The molecule has 0 atom stereocenters. The molecule has 0 saturated carbocycles. The van der Waals surface area contributed by atoms with Crippen LogP contribution in [0.4, 0.5) is 25.2 Å². The van der Waals surface area contributed by atoms with Crippen LogP contribution in [0, 0.1) is 6.92 Å². The van der Waals surface area contributed by atoms with Crippen LogP contribution in [-0.4, -0.2) is 0 Å². The van der Waals surface area contributed by atoms with Crippen molar-refractivity contribution in [3.63, 3.8) is 0 Å². The molecule has 0 aliphatic heterocycles. The first-order valence-electron chi connectivity index (χ1n) is 5.00. The molecule has 0 bridgehead atoms. The predicted octanol–water partition coefficient (Wildman–Crippen LogP) is 4.20. The Bertz CT molecular complexity index is 397. The standard InChI is InChI=1S/C7H10N.F6P/c1-7-3-5-8(2)6-4-7;1-7(2,3,4,5)6/h3-6H,1-2H3;/q+1;-1/i2D3;. The van der Waals surface area contributed by atoms with Crippen LogP contribution >= 0.6 is 7.81 Å². The molecule has 90 valence electrons. The number of hydrogen-bond acceptors (Lipinski definition) is 0. The van der Waals surface area contributed by atoms with Crippen LogP contribution in [0.2, 0.25) is 0 Å². The van der Waals surface area contributed by atoms with E-state index in [9.17, 15) is 25.2 Å². The Balaban J connectivity index is 0.000000360. The quantitative estimate of drug-likeness (QED) is 0.372. The average Bonchev–Trinajstić information content (AvgIpc) is 1.96. The maximum atomic E-state index is 9.87. The molecule has 0 N–H and O–H groups in total. The van der Waals surface area contributed by atoms with E-state index < -0.39 is 14.8 Å². The molecular formula is C7H10F6NP. The second-order valence-electron chi connectivity index (χ2n) is 2.74. The largest absolute Gasteiger partial charge is 0.208 e. The minimum Gasteiger partial charge on any atom is -0.208 e. The average molecular weight is 256 g/mol. The van der Waals surface area contributed by atoms with E-state index in [0.29, 0.717) is 0 Å². The van der Waals surface area contributed by atoms with Crippen LogP contribution in [0.1, 0.15) is 9.68 Å². The van der Waals surface area contributed by atoms with Gasteiger partial charge in [0.15, 0.2) is 12.4 Å². The van der Waals surface area contributed by atoms with Gasteiger partial charge < -0.3 is 0 Å². The molecule has 1 aromatic rings. The molecule has 0 spiro atoms. The molecule has 1 rings (SSSR count). The van der Waals surface area contributed by atoms with Gasteiger partial charge in [-0.25, -0.2) is 4.57 Å². The normalized spacial score (nSPS) is 19.5. The van der Waals surface area contributed by atoms with Crippen LogP contribution < -0.4 is 4.57 Å². The Labute approximate surface area is 86.8 Å². The fraction of sp³-hybridized carbons (Fsp3) is 0.286. The fourth-order valence-electron chi connectivity index (χ4n) is 0.501. The van der Waals surface area contributed by atoms with Crippen molar-refractivity contribution >= 4 is 7.81 Å². The molecule has 1 heterocycles. The van der Waals surface area contributed by atoms with Crippen molar-refractivity contribution in [2.24, 2.45) is 6.98 Å². The summed E-state index contributed by atoms with van der Waals surface area (Å²) < 4.78 is 81.5. The molecule has 0 aliphatic rings. The van der Waals surface area contributed by atoms with Gasteiger partial charge in [0.25, 0.3) is 0 Å². The summed E-state index contributed by atoms with van der Waals surface area (Å²) in [5, 5.41) is 0. The van der Waals surface area contributed by atoms with Gasteiger partial charge in [0.1, 0.15) is 11.1 Å². The van der Waals surface area contributed by atoms with Crippen LogP contribution in [-0.2, 0) is 6.98 Å². The topological polar surface area (TPSA) is 3.88 Å². The van der Waals surface area contributed by atoms with E-state index in [1.54, 1.807) is 24.5 Å². The van der Waals surface area contributed by atoms with E-state index >= 15 is 0 Å². The van der Waals surface area contributed by atoms with Crippen LogP contribution in [0.15, 0.2) is 24.5 Å². The molecule has 0 fully saturated rings. The summed E-state index contributed by atoms with van der Waals surface area (Å²) in [6.45, 7) is -0.127. The van der Waals surface area contributed by atoms with Gasteiger partial charge in [-0.05, 0) is 12.5 Å². The first-order chi connectivity index (χ1) is 7.45. The van der Waals surface area contributed by atoms with Crippen molar-refractivity contribution in [2.75, 3.05) is 0 Å². The Morgan fingerprint density at radius 1 is 1.07 bits per heavy atom. The van der Waals surface area contributed by atoms with Gasteiger partial charge in [0.05, 0.1) is 0 Å². The zero-order valence-corrected chi connectivity index (χ0v) is 8.37. The first kappa shape index (κ1) is 9.39. The maximum absolute atomic E-state index is 10.7. The smallest absolute Gasteiger partial charge is 0.168 e. The number of rotatable bonds is 0. The van der Waals surface area contributed by atoms with Crippen LogP contribution in [0.5, 0.6) is 0 Å². The van der Waals surface area contributed by atoms with Crippen molar-refractivity contribution in [1.82, 2.24) is 0 Å². The van der Waals surface area contributed by atoms with Crippen molar-refractivity contribution < 1.29 is 33.9 Å². The van der Waals surface area contributed by atoms with Crippen LogP contribution in [0.25, 0.3) is 0 Å². The fourth-order valence-corrected chi connectivity index (χ4v) is 0.501. The molecule has 0 saturated heterocycles. The minimum absolute atomic E-state index is 1.06. The zero-order valence-electron chi connectivity index (χ0n) is 10.5. The van der Waals surface area contributed by atoms with Gasteiger partial charge in [0, 0.05) is 12.1 Å². The van der Waals surface area contributed by atoms with Gasteiger partial charge in [-0.1, -0.05) is 0 Å². The third-order valence-electron chi connectivity index (χ3n) is 0.996. The van der Waals surface area contributed by atoms with E-state index in [4.69, 9.17) is 4.11 Å². The summed E-state index contributed by atoms with van der Waals surface area (Å²) in [7, 11) is -10.7. The molecule has 1 nitrogen and oxygen atoms in total. The van der Waals surface area contributed by atoms with Gasteiger partial charge in [-0.2, -0.15) is 0 Å². The molecule has 0 aromatic carbocycles. The van der Waals surface area contributed by atoms with E-state index in [1.165, 1.54) is 4.57 Å². The Kier molecular flexibility index (Phi) is 2.09. The number of aryl methyl sites for hydroxylation is 2. The minimum atomic E-state index is -10.7. The number of nitrogens with zero attached hydrogens (tertiary/aromatic N) is 1. The Hall–Kier alpha value is -0.840. The Morgan fingerprint density at radius 3 is 1.67 bits per heavy atom. The van der Waals surface area contributed by atoms with Gasteiger partial charge >= 0.3 is 33.0 Å². The third-order valence-corrected chi connectivity index (χ3v) is 0.996. The van der Waals surface area contributed by atoms with E-state index in [0.717, 1.165) is 5.56 Å². The summed E-state index contributed by atoms with van der Waals surface area (Å²) in [4.78, 5) is 0. The van der Waals surface area contributed by atoms with Gasteiger partial charge in [0.2, 0.25) is 0 Å². The third kappa shape index (κ3) is 19.5.